The predicted molar refractivity (Wildman–Crippen MR) is 48.8 cm³/mol. The molecule has 1 aliphatic rings. The monoisotopic (exact) mass is 156 g/mol. The molecular weight excluding hydrogens is 136 g/mol. The maximum atomic E-state index is 3.21. The lowest BCUT2D eigenvalue weighted by atomic mass is 9.95. The lowest BCUT2D eigenvalue weighted by molar-refractivity contribution is 0.202. The van der Waals surface area contributed by atoms with Gasteiger partial charge in [0.25, 0.3) is 0 Å². The van der Waals surface area contributed by atoms with Crippen molar-refractivity contribution < 1.29 is 0 Å². The van der Waals surface area contributed by atoms with E-state index in [9.17, 15) is 0 Å². The van der Waals surface area contributed by atoms with E-state index in [0.717, 1.165) is 5.92 Å². The fourth-order valence-electron chi connectivity index (χ4n) is 1.86. The van der Waals surface area contributed by atoms with E-state index in [4.69, 9.17) is 0 Å². The Bertz CT molecular complexity index is 104. The summed E-state index contributed by atoms with van der Waals surface area (Å²) < 4.78 is 0. The van der Waals surface area contributed by atoms with Gasteiger partial charge in [0, 0.05) is 6.54 Å². The van der Waals surface area contributed by atoms with Crippen LogP contribution in [0, 0.1) is 5.92 Å². The van der Waals surface area contributed by atoms with Crippen LogP contribution in [0.2, 0.25) is 0 Å². The van der Waals surface area contributed by atoms with Crippen molar-refractivity contribution in [3.8, 4) is 0 Å². The Hall–Kier alpha value is -0.0800. The van der Waals surface area contributed by atoms with Crippen LogP contribution in [-0.2, 0) is 0 Å². The minimum absolute atomic E-state index is 0.946. The molecule has 0 aromatic rings. The Kier molecular flexibility index (Phi) is 3.87. The molecule has 1 saturated heterocycles. The van der Waals surface area contributed by atoms with Crippen LogP contribution >= 0.6 is 0 Å². The Morgan fingerprint density at radius 3 is 3.00 bits per heavy atom. The van der Waals surface area contributed by atoms with E-state index in [2.05, 4.69) is 17.3 Å². The summed E-state index contributed by atoms with van der Waals surface area (Å²) in [5, 5.41) is 3.21. The number of hydrogen-bond donors (Lipinski definition) is 1. The Balaban J connectivity index is 2.12. The van der Waals surface area contributed by atoms with Crippen LogP contribution in [0.1, 0.15) is 19.3 Å². The van der Waals surface area contributed by atoms with E-state index in [-0.39, 0.29) is 0 Å². The molecule has 1 atom stereocenters. The maximum Gasteiger partial charge on any atom is 0.000709 e. The molecule has 0 bridgehead atoms. The summed E-state index contributed by atoms with van der Waals surface area (Å²) in [5.41, 5.74) is 0. The highest BCUT2D eigenvalue weighted by Gasteiger charge is 2.15. The van der Waals surface area contributed by atoms with Gasteiger partial charge in [0.1, 0.15) is 0 Å². The van der Waals surface area contributed by atoms with Gasteiger partial charge in [-0.15, -0.1) is 0 Å². The molecular formula is C9H20N2. The Morgan fingerprint density at radius 1 is 1.55 bits per heavy atom. The average Bonchev–Trinajstić information content (AvgIpc) is 2.01. The van der Waals surface area contributed by atoms with Gasteiger partial charge in [-0.2, -0.15) is 0 Å². The molecule has 2 nitrogen and oxygen atoms in total. The standard InChI is InChI=1S/C9H20N2/c1-10-6-5-9-4-3-7-11(2)8-9/h9-10H,3-8H2,1-2H3/t9-/m1/s1. The Morgan fingerprint density at radius 2 is 2.36 bits per heavy atom. The Labute approximate surface area is 70.0 Å². The first kappa shape index (κ1) is 9.01. The van der Waals surface area contributed by atoms with E-state index in [1.165, 1.54) is 38.9 Å². The fraction of sp³-hybridized carbons (Fsp3) is 1.00. The van der Waals surface area contributed by atoms with Crippen molar-refractivity contribution in [3.63, 3.8) is 0 Å². The third-order valence-corrected chi connectivity index (χ3v) is 2.52. The molecule has 11 heavy (non-hydrogen) atoms. The minimum Gasteiger partial charge on any atom is -0.320 e. The molecule has 0 aliphatic carbocycles. The second kappa shape index (κ2) is 4.73. The lowest BCUT2D eigenvalue weighted by Gasteiger charge is -2.29. The van der Waals surface area contributed by atoms with Crippen molar-refractivity contribution in [2.75, 3.05) is 33.7 Å². The highest BCUT2D eigenvalue weighted by molar-refractivity contribution is 4.70. The van der Waals surface area contributed by atoms with Crippen molar-refractivity contribution >= 4 is 0 Å². The zero-order valence-corrected chi connectivity index (χ0v) is 7.77. The van der Waals surface area contributed by atoms with Crippen LogP contribution in [0.4, 0.5) is 0 Å². The van der Waals surface area contributed by atoms with Gasteiger partial charge in [0.15, 0.2) is 0 Å². The molecule has 0 saturated carbocycles. The number of likely N-dealkylation sites (tertiary alicyclic amines) is 1. The van der Waals surface area contributed by atoms with Gasteiger partial charge in [-0.25, -0.2) is 0 Å². The van der Waals surface area contributed by atoms with E-state index in [1.54, 1.807) is 0 Å². The summed E-state index contributed by atoms with van der Waals surface area (Å²) in [5.74, 6) is 0.946. The number of piperidine rings is 1. The molecule has 0 unspecified atom stereocenters. The summed E-state index contributed by atoms with van der Waals surface area (Å²) in [4.78, 5) is 2.45. The van der Waals surface area contributed by atoms with Crippen LogP contribution in [0.15, 0.2) is 0 Å². The molecule has 1 rings (SSSR count). The summed E-state index contributed by atoms with van der Waals surface area (Å²) in [7, 11) is 4.26. The number of rotatable bonds is 3. The van der Waals surface area contributed by atoms with E-state index >= 15 is 0 Å². The zero-order chi connectivity index (χ0) is 8.10. The van der Waals surface area contributed by atoms with Crippen molar-refractivity contribution in [1.82, 2.24) is 10.2 Å². The lowest BCUT2D eigenvalue weighted by Crippen LogP contribution is -2.33. The molecule has 2 heteroatoms. The molecule has 1 aliphatic heterocycles. The predicted octanol–water partition coefficient (Wildman–Crippen LogP) is 0.938. The molecule has 1 fully saturated rings. The smallest absolute Gasteiger partial charge is 0.000709 e. The van der Waals surface area contributed by atoms with Gasteiger partial charge in [-0.05, 0) is 52.4 Å². The minimum atomic E-state index is 0.946. The first-order valence-electron chi connectivity index (χ1n) is 4.66. The van der Waals surface area contributed by atoms with Gasteiger partial charge in [0.05, 0.1) is 0 Å². The first-order valence-corrected chi connectivity index (χ1v) is 4.66. The van der Waals surface area contributed by atoms with E-state index < -0.39 is 0 Å². The number of nitrogens with zero attached hydrogens (tertiary/aromatic N) is 1. The normalized spacial score (nSPS) is 27.3. The summed E-state index contributed by atoms with van der Waals surface area (Å²) in [6.07, 6.45) is 4.18. The highest BCUT2D eigenvalue weighted by Crippen LogP contribution is 2.17. The van der Waals surface area contributed by atoms with Gasteiger partial charge in [-0.3, -0.25) is 0 Å². The molecule has 1 heterocycles. The van der Waals surface area contributed by atoms with Crippen LogP contribution in [0.5, 0.6) is 0 Å². The van der Waals surface area contributed by atoms with Crippen LogP contribution in [-0.4, -0.2) is 38.6 Å². The zero-order valence-electron chi connectivity index (χ0n) is 7.77. The van der Waals surface area contributed by atoms with E-state index in [0.29, 0.717) is 0 Å². The van der Waals surface area contributed by atoms with Gasteiger partial charge in [0.2, 0.25) is 0 Å². The summed E-state index contributed by atoms with van der Waals surface area (Å²) >= 11 is 0. The van der Waals surface area contributed by atoms with Gasteiger partial charge < -0.3 is 10.2 Å². The molecule has 0 spiro atoms. The molecule has 0 aromatic carbocycles. The third-order valence-electron chi connectivity index (χ3n) is 2.52. The quantitative estimate of drug-likeness (QED) is 0.654. The highest BCUT2D eigenvalue weighted by atomic mass is 15.1. The molecule has 0 amide bonds. The topological polar surface area (TPSA) is 15.3 Å². The second-order valence-electron chi connectivity index (χ2n) is 3.66. The van der Waals surface area contributed by atoms with Crippen LogP contribution in [0.3, 0.4) is 0 Å². The van der Waals surface area contributed by atoms with E-state index in [1.807, 2.05) is 7.05 Å². The van der Waals surface area contributed by atoms with Gasteiger partial charge in [-0.1, -0.05) is 0 Å². The van der Waals surface area contributed by atoms with Crippen molar-refractivity contribution in [2.45, 2.75) is 19.3 Å². The summed E-state index contributed by atoms with van der Waals surface area (Å²) in [6.45, 7) is 3.79. The number of hydrogen-bond acceptors (Lipinski definition) is 2. The number of nitrogens with one attached hydrogen (secondary N) is 1. The largest absolute Gasteiger partial charge is 0.320 e. The molecule has 66 valence electrons. The SMILES string of the molecule is CNCC[C@H]1CCCN(C)C1. The van der Waals surface area contributed by atoms with Crippen molar-refractivity contribution in [3.05, 3.63) is 0 Å². The maximum absolute atomic E-state index is 3.21. The van der Waals surface area contributed by atoms with Crippen molar-refractivity contribution in [1.29, 1.82) is 0 Å². The third kappa shape index (κ3) is 3.21. The molecule has 1 N–H and O–H groups in total. The molecule has 0 radical (unpaired) electrons. The summed E-state index contributed by atoms with van der Waals surface area (Å²) in [6, 6.07) is 0. The van der Waals surface area contributed by atoms with Crippen LogP contribution in [0.25, 0.3) is 0 Å². The van der Waals surface area contributed by atoms with Crippen LogP contribution < -0.4 is 5.32 Å². The van der Waals surface area contributed by atoms with Crippen molar-refractivity contribution in [2.24, 2.45) is 5.92 Å². The molecule has 0 aromatic heterocycles. The second-order valence-corrected chi connectivity index (χ2v) is 3.66. The first-order chi connectivity index (χ1) is 5.33. The van der Waals surface area contributed by atoms with Gasteiger partial charge >= 0.3 is 0 Å². The average molecular weight is 156 g/mol. The fourth-order valence-corrected chi connectivity index (χ4v) is 1.86.